The van der Waals surface area contributed by atoms with Crippen LogP contribution in [-0.4, -0.2) is 11.3 Å². The lowest BCUT2D eigenvalue weighted by atomic mass is 9.33. The maximum atomic E-state index is 2.62. The van der Waals surface area contributed by atoms with E-state index in [2.05, 4.69) is 341 Å². The van der Waals surface area contributed by atoms with E-state index in [4.69, 9.17) is 0 Å². The van der Waals surface area contributed by atoms with Crippen molar-refractivity contribution in [2.24, 2.45) is 0 Å². The fourth-order valence-electron chi connectivity index (χ4n) is 13.2. The lowest BCUT2D eigenvalue weighted by Gasteiger charge is -2.45. The van der Waals surface area contributed by atoms with Crippen LogP contribution in [0.5, 0.6) is 0 Å². The molecule has 0 unspecified atom stereocenters. The molecule has 388 valence electrons. The van der Waals surface area contributed by atoms with Gasteiger partial charge in [0.05, 0.1) is 22.4 Å². The van der Waals surface area contributed by atoms with Crippen LogP contribution in [0.1, 0.15) is 0 Å². The largest absolute Gasteiger partial charge is 0.311 e. The van der Waals surface area contributed by atoms with E-state index < -0.39 is 0 Å². The molecule has 0 aliphatic carbocycles. The molecular formula is C78H53BN4. The van der Waals surface area contributed by atoms with E-state index in [-0.39, 0.29) is 6.71 Å². The first kappa shape index (κ1) is 48.1. The molecule has 83 heavy (non-hydrogen) atoms. The Balaban J connectivity index is 1.04. The first-order chi connectivity index (χ1) is 41.2. The van der Waals surface area contributed by atoms with E-state index in [1.165, 1.54) is 71.8 Å². The third-order valence-corrected chi connectivity index (χ3v) is 16.9. The highest BCUT2D eigenvalue weighted by molar-refractivity contribution is 7.00. The van der Waals surface area contributed by atoms with E-state index in [9.17, 15) is 0 Å². The summed E-state index contributed by atoms with van der Waals surface area (Å²) >= 11 is 0. The van der Waals surface area contributed by atoms with Gasteiger partial charge in [0.25, 0.3) is 6.71 Å². The molecule has 3 heterocycles. The van der Waals surface area contributed by atoms with E-state index >= 15 is 0 Å². The van der Waals surface area contributed by atoms with Crippen LogP contribution >= 0.6 is 0 Å². The van der Waals surface area contributed by atoms with E-state index in [1.54, 1.807) is 0 Å². The highest BCUT2D eigenvalue weighted by Crippen LogP contribution is 2.51. The monoisotopic (exact) mass is 1060 g/mol. The Morgan fingerprint density at radius 3 is 1.31 bits per heavy atom. The van der Waals surface area contributed by atoms with Crippen LogP contribution in [0, 0.1) is 0 Å². The Bertz CT molecular complexity index is 4680. The summed E-state index contributed by atoms with van der Waals surface area (Å²) in [7, 11) is 0. The van der Waals surface area contributed by atoms with Gasteiger partial charge >= 0.3 is 0 Å². The highest BCUT2D eigenvalue weighted by Gasteiger charge is 2.45. The lowest BCUT2D eigenvalue weighted by Crippen LogP contribution is -2.61. The summed E-state index contributed by atoms with van der Waals surface area (Å²) in [4.78, 5) is 7.59. The molecule has 0 fully saturated rings. The lowest BCUT2D eigenvalue weighted by molar-refractivity contribution is 1.18. The smallest absolute Gasteiger partial charge is 0.252 e. The van der Waals surface area contributed by atoms with Gasteiger partial charge in [-0.1, -0.05) is 231 Å². The van der Waals surface area contributed by atoms with Crippen molar-refractivity contribution in [2.45, 2.75) is 0 Å². The maximum absolute atomic E-state index is 2.62. The zero-order valence-electron chi connectivity index (χ0n) is 45.5. The van der Waals surface area contributed by atoms with Crippen LogP contribution in [0.4, 0.5) is 51.2 Å². The molecule has 0 atom stereocenters. The van der Waals surface area contributed by atoms with Crippen molar-refractivity contribution in [1.29, 1.82) is 0 Å². The average molecular weight is 1060 g/mol. The van der Waals surface area contributed by atoms with Gasteiger partial charge in [-0.2, -0.15) is 0 Å². The van der Waals surface area contributed by atoms with Gasteiger partial charge < -0.3 is 19.3 Å². The summed E-state index contributed by atoms with van der Waals surface area (Å²) in [5, 5.41) is 2.39. The number of anilines is 9. The second-order valence-corrected chi connectivity index (χ2v) is 21.6. The van der Waals surface area contributed by atoms with E-state index in [0.29, 0.717) is 0 Å². The van der Waals surface area contributed by atoms with Crippen LogP contribution < -0.4 is 31.1 Å². The van der Waals surface area contributed by atoms with Crippen molar-refractivity contribution in [2.75, 3.05) is 14.7 Å². The van der Waals surface area contributed by atoms with E-state index in [1.807, 2.05) is 0 Å². The molecule has 14 aromatic rings. The Morgan fingerprint density at radius 1 is 0.265 bits per heavy atom. The Labute approximate surface area is 484 Å². The zero-order chi connectivity index (χ0) is 54.8. The second-order valence-electron chi connectivity index (χ2n) is 21.6. The summed E-state index contributed by atoms with van der Waals surface area (Å²) in [6, 6.07) is 118. The molecule has 4 nitrogen and oxygen atoms in total. The molecule has 0 N–H and O–H groups in total. The van der Waals surface area contributed by atoms with Crippen LogP contribution in [0.15, 0.2) is 322 Å². The van der Waals surface area contributed by atoms with Gasteiger partial charge in [-0.3, -0.25) is 0 Å². The van der Waals surface area contributed by atoms with E-state index in [0.717, 1.165) is 67.8 Å². The number of hydrogen-bond acceptors (Lipinski definition) is 3. The Kier molecular flexibility index (Phi) is 11.6. The quantitative estimate of drug-likeness (QED) is 0.127. The summed E-state index contributed by atoms with van der Waals surface area (Å²) in [5.74, 6) is 0. The first-order valence-electron chi connectivity index (χ1n) is 28.6. The van der Waals surface area contributed by atoms with Crippen molar-refractivity contribution in [1.82, 2.24) is 4.57 Å². The molecule has 2 aliphatic heterocycles. The molecule has 0 saturated carbocycles. The highest BCUT2D eigenvalue weighted by atomic mass is 15.2. The topological polar surface area (TPSA) is 14.7 Å². The Morgan fingerprint density at radius 2 is 0.723 bits per heavy atom. The van der Waals surface area contributed by atoms with Crippen LogP contribution in [0.2, 0.25) is 0 Å². The molecule has 0 saturated heterocycles. The summed E-state index contributed by atoms with van der Waals surface area (Å²) in [6.45, 7) is -0.175. The third kappa shape index (κ3) is 8.16. The number of aromatic nitrogens is 1. The third-order valence-electron chi connectivity index (χ3n) is 16.9. The van der Waals surface area contributed by atoms with Gasteiger partial charge in [-0.25, -0.2) is 0 Å². The van der Waals surface area contributed by atoms with Crippen LogP contribution in [0.25, 0.3) is 72.0 Å². The fraction of sp³-hybridized carbons (Fsp3) is 0. The number of fused-ring (bicyclic) bond motifs is 8. The normalized spacial score (nSPS) is 12.3. The van der Waals surface area contributed by atoms with Crippen molar-refractivity contribution in [3.05, 3.63) is 322 Å². The van der Waals surface area contributed by atoms with Gasteiger partial charge in [0, 0.05) is 56.3 Å². The number of rotatable bonds is 10. The minimum atomic E-state index is -0.175. The fourth-order valence-corrected chi connectivity index (χ4v) is 13.2. The standard InChI is InChI=1S/C78H53BN4/c1-7-23-54(24-8-1)58-41-44-64(45-42-58)81-72-47-43-61(57-29-13-4-14-30-57)51-70(72)79-69-46-48-73-76(68-39-19-20-40-71(68)82(73)65-37-21-31-59(49-65)55-25-9-2-10-26-55)78(69)83(66-38-22-32-60(50-66)56-27-11-3-12-28-56)75-53-67(52-74(81)77(75)79)80(62-33-15-5-16-34-62)63-35-17-6-18-36-63/h1-53H. The minimum Gasteiger partial charge on any atom is -0.311 e. The molecule has 0 radical (unpaired) electrons. The first-order valence-corrected chi connectivity index (χ1v) is 28.6. The molecule has 2 aliphatic rings. The molecule has 0 amide bonds. The number of benzene rings is 13. The molecule has 13 aromatic carbocycles. The zero-order valence-corrected chi connectivity index (χ0v) is 45.5. The van der Waals surface area contributed by atoms with Gasteiger partial charge in [0.2, 0.25) is 0 Å². The SMILES string of the molecule is c1ccc(-c2ccc(N3c4ccc(-c5ccccc5)cc4B4c5ccc6c(c5N(c5cccc(-c7ccccc7)c5)c5cc(N(c7ccccc7)c7ccccc7)cc3c54)c3ccccc3n6-c3cccc(-c4ccccc4)c3)cc2)cc1. The predicted octanol–water partition coefficient (Wildman–Crippen LogP) is 19.0. The Hall–Kier alpha value is -10.9. The maximum Gasteiger partial charge on any atom is 0.252 e. The molecule has 5 heteroatoms. The van der Waals surface area contributed by atoms with Gasteiger partial charge in [0.15, 0.2) is 0 Å². The van der Waals surface area contributed by atoms with Crippen molar-refractivity contribution in [3.63, 3.8) is 0 Å². The van der Waals surface area contributed by atoms with Crippen molar-refractivity contribution >= 4 is 96.1 Å². The van der Waals surface area contributed by atoms with Crippen LogP contribution in [0.3, 0.4) is 0 Å². The van der Waals surface area contributed by atoms with Crippen molar-refractivity contribution in [3.8, 4) is 50.2 Å². The molecule has 0 spiro atoms. The van der Waals surface area contributed by atoms with Crippen LogP contribution in [-0.2, 0) is 0 Å². The minimum absolute atomic E-state index is 0.175. The summed E-state index contributed by atoms with van der Waals surface area (Å²) in [5.41, 5.74) is 26.5. The van der Waals surface area contributed by atoms with Crippen molar-refractivity contribution < 1.29 is 0 Å². The summed E-state index contributed by atoms with van der Waals surface area (Å²) in [6.07, 6.45) is 0. The number of para-hydroxylation sites is 3. The second kappa shape index (κ2) is 20.0. The molecule has 1 aromatic heterocycles. The number of nitrogens with zero attached hydrogens (tertiary/aromatic N) is 4. The molecule has 16 rings (SSSR count). The van der Waals surface area contributed by atoms with Gasteiger partial charge in [0.1, 0.15) is 0 Å². The predicted molar refractivity (Wildman–Crippen MR) is 351 cm³/mol. The molecular weight excluding hydrogens is 1000 g/mol. The summed E-state index contributed by atoms with van der Waals surface area (Å²) < 4.78 is 2.49. The molecule has 0 bridgehead atoms. The van der Waals surface area contributed by atoms with Gasteiger partial charge in [-0.05, 0) is 152 Å². The average Bonchev–Trinajstić information content (AvgIpc) is 3.65. The number of hydrogen-bond donors (Lipinski definition) is 0. The van der Waals surface area contributed by atoms with Gasteiger partial charge in [-0.15, -0.1) is 0 Å².